The molecule has 0 aromatic heterocycles. The van der Waals surface area contributed by atoms with Crippen LogP contribution in [0.2, 0.25) is 5.02 Å². The molecular weight excluding hydrogens is 222 g/mol. The van der Waals surface area contributed by atoms with Crippen molar-refractivity contribution >= 4 is 17.4 Å². The highest BCUT2D eigenvalue weighted by atomic mass is 35.5. The Morgan fingerprint density at radius 2 is 1.69 bits per heavy atom. The van der Waals surface area contributed by atoms with Gasteiger partial charge in [0.05, 0.1) is 5.54 Å². The number of nitrogens with two attached hydrogens (primary N) is 1. The zero-order chi connectivity index (χ0) is 11.6. The van der Waals surface area contributed by atoms with E-state index in [4.69, 9.17) is 17.3 Å². The van der Waals surface area contributed by atoms with Gasteiger partial charge in [0.15, 0.2) is 5.78 Å². The molecule has 0 unspecified atom stereocenters. The summed E-state index contributed by atoms with van der Waals surface area (Å²) in [6.07, 6.45) is 4.89. The van der Waals surface area contributed by atoms with Crippen LogP contribution in [0.15, 0.2) is 24.3 Å². The van der Waals surface area contributed by atoms with Crippen molar-refractivity contribution in [2.75, 3.05) is 0 Å². The van der Waals surface area contributed by atoms with Crippen LogP contribution in [0.25, 0.3) is 0 Å². The maximum atomic E-state index is 12.3. The highest BCUT2D eigenvalue weighted by Gasteiger charge is 2.35. The first-order valence-corrected chi connectivity index (χ1v) is 6.09. The minimum absolute atomic E-state index is 0.0591. The first-order chi connectivity index (χ1) is 7.62. The minimum atomic E-state index is -0.647. The molecule has 1 fully saturated rings. The quantitative estimate of drug-likeness (QED) is 0.803. The summed E-state index contributed by atoms with van der Waals surface area (Å²) < 4.78 is 0. The SMILES string of the molecule is NC1(C(=O)c2ccc(Cl)cc2)CCCCC1. The average Bonchev–Trinajstić information content (AvgIpc) is 2.30. The standard InChI is InChI=1S/C13H16ClNO/c14-11-6-4-10(5-7-11)12(16)13(15)8-2-1-3-9-13/h4-7H,1-3,8-9,15H2. The van der Waals surface area contributed by atoms with Gasteiger partial charge >= 0.3 is 0 Å². The minimum Gasteiger partial charge on any atom is -0.319 e. The lowest BCUT2D eigenvalue weighted by Crippen LogP contribution is -2.49. The van der Waals surface area contributed by atoms with Gasteiger partial charge in [0.1, 0.15) is 0 Å². The van der Waals surface area contributed by atoms with E-state index in [1.807, 2.05) is 0 Å². The molecule has 16 heavy (non-hydrogen) atoms. The maximum Gasteiger partial charge on any atom is 0.182 e. The van der Waals surface area contributed by atoms with Crippen LogP contribution in [0.1, 0.15) is 42.5 Å². The third-order valence-corrected chi connectivity index (χ3v) is 3.56. The van der Waals surface area contributed by atoms with Crippen LogP contribution in [0.4, 0.5) is 0 Å². The predicted molar refractivity (Wildman–Crippen MR) is 65.8 cm³/mol. The fraction of sp³-hybridized carbons (Fsp3) is 0.462. The Balaban J connectivity index is 2.20. The lowest BCUT2D eigenvalue weighted by molar-refractivity contribution is 0.0848. The highest BCUT2D eigenvalue weighted by molar-refractivity contribution is 6.30. The lowest BCUT2D eigenvalue weighted by Gasteiger charge is -2.31. The summed E-state index contributed by atoms with van der Waals surface area (Å²) in [5.74, 6) is 0.0591. The molecule has 1 aromatic rings. The van der Waals surface area contributed by atoms with Gasteiger partial charge in [0.25, 0.3) is 0 Å². The third-order valence-electron chi connectivity index (χ3n) is 3.30. The Morgan fingerprint density at radius 1 is 1.12 bits per heavy atom. The number of ketones is 1. The Kier molecular flexibility index (Phi) is 3.31. The number of carbonyl (C=O) groups excluding carboxylic acids is 1. The lowest BCUT2D eigenvalue weighted by atomic mass is 9.77. The van der Waals surface area contributed by atoms with E-state index in [0.717, 1.165) is 25.7 Å². The molecule has 1 aromatic carbocycles. The van der Waals surface area contributed by atoms with Gasteiger partial charge in [-0.25, -0.2) is 0 Å². The second-order valence-electron chi connectivity index (χ2n) is 4.55. The third kappa shape index (κ3) is 2.28. The van der Waals surface area contributed by atoms with Crippen LogP contribution in [0.3, 0.4) is 0 Å². The first kappa shape index (κ1) is 11.6. The fourth-order valence-corrected chi connectivity index (χ4v) is 2.42. The molecule has 0 spiro atoms. The van der Waals surface area contributed by atoms with Gasteiger partial charge in [0, 0.05) is 10.6 Å². The topological polar surface area (TPSA) is 43.1 Å². The molecular formula is C13H16ClNO. The van der Waals surface area contributed by atoms with Crippen LogP contribution in [-0.2, 0) is 0 Å². The number of carbonyl (C=O) groups is 1. The van der Waals surface area contributed by atoms with Crippen LogP contribution >= 0.6 is 11.6 Å². The Labute approximate surface area is 101 Å². The second-order valence-corrected chi connectivity index (χ2v) is 4.99. The van der Waals surface area contributed by atoms with Crippen molar-refractivity contribution < 1.29 is 4.79 Å². The molecule has 0 aliphatic heterocycles. The molecule has 86 valence electrons. The van der Waals surface area contributed by atoms with Gasteiger partial charge in [0.2, 0.25) is 0 Å². The van der Waals surface area contributed by atoms with E-state index < -0.39 is 5.54 Å². The van der Waals surface area contributed by atoms with E-state index in [1.165, 1.54) is 6.42 Å². The van der Waals surface area contributed by atoms with Crippen molar-refractivity contribution in [2.24, 2.45) is 5.73 Å². The molecule has 1 saturated carbocycles. The average molecular weight is 238 g/mol. The zero-order valence-corrected chi connectivity index (χ0v) is 9.96. The summed E-state index contributed by atoms with van der Waals surface area (Å²) in [4.78, 5) is 12.3. The molecule has 0 saturated heterocycles. The van der Waals surface area contributed by atoms with Crippen molar-refractivity contribution in [3.63, 3.8) is 0 Å². The summed E-state index contributed by atoms with van der Waals surface area (Å²) in [6.45, 7) is 0. The smallest absolute Gasteiger partial charge is 0.182 e. The van der Waals surface area contributed by atoms with Gasteiger partial charge in [-0.3, -0.25) is 4.79 Å². The van der Waals surface area contributed by atoms with Crippen LogP contribution in [0.5, 0.6) is 0 Å². The van der Waals surface area contributed by atoms with Gasteiger partial charge in [-0.15, -0.1) is 0 Å². The van der Waals surface area contributed by atoms with Gasteiger partial charge in [-0.1, -0.05) is 30.9 Å². The first-order valence-electron chi connectivity index (χ1n) is 5.71. The predicted octanol–water partition coefficient (Wildman–Crippen LogP) is 3.18. The van der Waals surface area contributed by atoms with Crippen molar-refractivity contribution in [2.45, 2.75) is 37.6 Å². The molecule has 1 aliphatic carbocycles. The van der Waals surface area contributed by atoms with Gasteiger partial charge in [-0.05, 0) is 37.1 Å². The van der Waals surface area contributed by atoms with Crippen molar-refractivity contribution in [1.82, 2.24) is 0 Å². The molecule has 0 bridgehead atoms. The molecule has 0 heterocycles. The molecule has 0 atom stereocenters. The summed E-state index contributed by atoms with van der Waals surface area (Å²) in [6, 6.07) is 6.99. The Morgan fingerprint density at radius 3 is 2.25 bits per heavy atom. The number of hydrogen-bond donors (Lipinski definition) is 1. The normalized spacial score (nSPS) is 19.4. The van der Waals surface area contributed by atoms with Gasteiger partial charge < -0.3 is 5.73 Å². The number of rotatable bonds is 2. The zero-order valence-electron chi connectivity index (χ0n) is 9.21. The number of benzene rings is 1. The van der Waals surface area contributed by atoms with E-state index in [0.29, 0.717) is 10.6 Å². The fourth-order valence-electron chi connectivity index (χ4n) is 2.30. The molecule has 0 amide bonds. The highest BCUT2D eigenvalue weighted by Crippen LogP contribution is 2.29. The monoisotopic (exact) mass is 237 g/mol. The van der Waals surface area contributed by atoms with Crippen molar-refractivity contribution in [1.29, 1.82) is 0 Å². The Hall–Kier alpha value is -0.860. The molecule has 3 heteroatoms. The molecule has 2 N–H and O–H groups in total. The maximum absolute atomic E-state index is 12.3. The van der Waals surface area contributed by atoms with E-state index in [9.17, 15) is 4.79 Å². The number of Topliss-reactive ketones (excluding diaryl/α,β-unsaturated/α-hetero) is 1. The molecule has 1 aliphatic rings. The van der Waals surface area contributed by atoms with Crippen molar-refractivity contribution in [3.8, 4) is 0 Å². The van der Waals surface area contributed by atoms with Crippen molar-refractivity contribution in [3.05, 3.63) is 34.9 Å². The summed E-state index contributed by atoms with van der Waals surface area (Å²) >= 11 is 5.79. The molecule has 2 rings (SSSR count). The van der Waals surface area contributed by atoms with E-state index in [1.54, 1.807) is 24.3 Å². The largest absolute Gasteiger partial charge is 0.319 e. The Bertz CT molecular complexity index is 379. The van der Waals surface area contributed by atoms with E-state index in [-0.39, 0.29) is 5.78 Å². The van der Waals surface area contributed by atoms with Crippen LogP contribution in [-0.4, -0.2) is 11.3 Å². The van der Waals surface area contributed by atoms with Gasteiger partial charge in [-0.2, -0.15) is 0 Å². The van der Waals surface area contributed by atoms with E-state index >= 15 is 0 Å². The van der Waals surface area contributed by atoms with E-state index in [2.05, 4.69) is 0 Å². The summed E-state index contributed by atoms with van der Waals surface area (Å²) in [5.41, 5.74) is 6.22. The molecule has 2 nitrogen and oxygen atoms in total. The van der Waals surface area contributed by atoms with Crippen LogP contribution < -0.4 is 5.73 Å². The summed E-state index contributed by atoms with van der Waals surface area (Å²) in [5, 5.41) is 0.645. The van der Waals surface area contributed by atoms with Crippen LogP contribution in [0, 0.1) is 0 Å². The number of halogens is 1. The summed E-state index contributed by atoms with van der Waals surface area (Å²) in [7, 11) is 0. The second kappa shape index (κ2) is 4.56. The molecule has 0 radical (unpaired) electrons. The number of hydrogen-bond acceptors (Lipinski definition) is 2.